The van der Waals surface area contributed by atoms with Crippen LogP contribution in [0.15, 0.2) is 16.6 Å². The van der Waals surface area contributed by atoms with Gasteiger partial charge >= 0.3 is 5.97 Å². The van der Waals surface area contributed by atoms with E-state index < -0.39 is 11.8 Å². The van der Waals surface area contributed by atoms with Crippen molar-refractivity contribution >= 4 is 33.5 Å². The largest absolute Gasteiger partial charge is 0.492 e. The topological polar surface area (TPSA) is 46.5 Å². The van der Waals surface area contributed by atoms with Gasteiger partial charge in [-0.05, 0) is 41.3 Å². The molecule has 0 saturated carbocycles. The van der Waals surface area contributed by atoms with E-state index in [-0.39, 0.29) is 11.4 Å². The second-order valence-corrected chi connectivity index (χ2v) is 5.01. The van der Waals surface area contributed by atoms with Gasteiger partial charge in [0.15, 0.2) is 0 Å². The summed E-state index contributed by atoms with van der Waals surface area (Å²) in [6.45, 7) is 0.416. The highest BCUT2D eigenvalue weighted by molar-refractivity contribution is 9.10. The number of hydrogen-bond donors (Lipinski definition) is 1. The van der Waals surface area contributed by atoms with Gasteiger partial charge < -0.3 is 9.84 Å². The van der Waals surface area contributed by atoms with Crippen molar-refractivity contribution in [3.63, 3.8) is 0 Å². The van der Waals surface area contributed by atoms with Gasteiger partial charge in [0.05, 0.1) is 16.1 Å². The fraction of sp³-hybridized carbons (Fsp3) is 0.417. The summed E-state index contributed by atoms with van der Waals surface area (Å²) in [5, 5.41) is 8.49. The van der Waals surface area contributed by atoms with E-state index in [1.807, 2.05) is 0 Å². The number of carbonyl (C=O) groups is 1. The summed E-state index contributed by atoms with van der Waals surface area (Å²) in [6.07, 6.45) is 2.28. The number of rotatable bonds is 7. The molecule has 100 valence electrons. The summed E-state index contributed by atoms with van der Waals surface area (Å²) in [4.78, 5) is 10.3. The van der Waals surface area contributed by atoms with Crippen LogP contribution in [-0.4, -0.2) is 17.7 Å². The number of halogens is 3. The maximum Gasteiger partial charge on any atom is 0.303 e. The molecule has 6 heteroatoms. The third-order valence-corrected chi connectivity index (χ3v) is 3.18. The maximum atomic E-state index is 13.2. The first-order chi connectivity index (χ1) is 8.50. The highest BCUT2D eigenvalue weighted by Crippen LogP contribution is 2.30. The lowest BCUT2D eigenvalue weighted by molar-refractivity contribution is -0.137. The molecule has 1 aromatic carbocycles. The second-order valence-electron chi connectivity index (χ2n) is 3.75. The second kappa shape index (κ2) is 7.59. The summed E-state index contributed by atoms with van der Waals surface area (Å²) < 4.78 is 19.2. The Morgan fingerprint density at radius 2 is 2.11 bits per heavy atom. The standard InChI is InChI=1S/C12H13BrClFO3/c13-8-6-9(14)10(15)7-11(8)18-5-3-1-2-4-12(16)17/h6-7H,1-5H2,(H,16,17). The van der Waals surface area contributed by atoms with Gasteiger partial charge in [-0.2, -0.15) is 0 Å². The van der Waals surface area contributed by atoms with Crippen molar-refractivity contribution in [2.45, 2.75) is 25.7 Å². The first-order valence-corrected chi connectivity index (χ1v) is 6.67. The molecule has 0 heterocycles. The Morgan fingerprint density at radius 3 is 2.78 bits per heavy atom. The van der Waals surface area contributed by atoms with Crippen LogP contribution in [0.1, 0.15) is 25.7 Å². The summed E-state index contributed by atoms with van der Waals surface area (Å²) in [5.74, 6) is -0.922. The third kappa shape index (κ3) is 5.23. The number of unbranched alkanes of at least 4 members (excludes halogenated alkanes) is 2. The molecule has 0 aliphatic rings. The number of carboxylic acid groups (broad SMARTS) is 1. The molecule has 0 saturated heterocycles. The fourth-order valence-corrected chi connectivity index (χ4v) is 2.11. The summed E-state index contributed by atoms with van der Waals surface area (Å²) >= 11 is 8.83. The monoisotopic (exact) mass is 338 g/mol. The minimum Gasteiger partial charge on any atom is -0.492 e. The number of ether oxygens (including phenoxy) is 1. The van der Waals surface area contributed by atoms with E-state index >= 15 is 0 Å². The molecule has 0 spiro atoms. The number of aliphatic carboxylic acids is 1. The average Bonchev–Trinajstić information content (AvgIpc) is 2.29. The predicted molar refractivity (Wildman–Crippen MR) is 70.7 cm³/mol. The molecule has 0 unspecified atom stereocenters. The average molecular weight is 340 g/mol. The Bertz CT molecular complexity index is 426. The van der Waals surface area contributed by atoms with Gasteiger partial charge in [0.25, 0.3) is 0 Å². The molecule has 3 nitrogen and oxygen atoms in total. The van der Waals surface area contributed by atoms with Gasteiger partial charge in [0, 0.05) is 12.5 Å². The Balaban J connectivity index is 2.31. The van der Waals surface area contributed by atoms with Gasteiger partial charge in [-0.3, -0.25) is 4.79 Å². The predicted octanol–water partition coefficient (Wildman–Crippen LogP) is 4.27. The van der Waals surface area contributed by atoms with Crippen molar-refractivity contribution in [1.82, 2.24) is 0 Å². The first kappa shape index (κ1) is 15.2. The van der Waals surface area contributed by atoms with Crippen LogP contribution in [0.4, 0.5) is 4.39 Å². The van der Waals surface area contributed by atoms with E-state index in [0.29, 0.717) is 23.2 Å². The Hall–Kier alpha value is -0.810. The SMILES string of the molecule is O=C(O)CCCCCOc1cc(F)c(Cl)cc1Br. The first-order valence-electron chi connectivity index (χ1n) is 5.50. The normalized spacial score (nSPS) is 10.4. The van der Waals surface area contributed by atoms with Crippen LogP contribution in [-0.2, 0) is 4.79 Å². The lowest BCUT2D eigenvalue weighted by Crippen LogP contribution is -2.00. The van der Waals surface area contributed by atoms with Crippen LogP contribution in [0, 0.1) is 5.82 Å². The number of carboxylic acids is 1. The lowest BCUT2D eigenvalue weighted by atomic mass is 10.2. The van der Waals surface area contributed by atoms with Crippen LogP contribution in [0.3, 0.4) is 0 Å². The van der Waals surface area contributed by atoms with Crippen molar-refractivity contribution in [3.05, 3.63) is 27.4 Å². The summed E-state index contributed by atoms with van der Waals surface area (Å²) in [6, 6.07) is 2.67. The van der Waals surface area contributed by atoms with E-state index in [0.717, 1.165) is 12.8 Å². The molecule has 1 aromatic rings. The third-order valence-electron chi connectivity index (χ3n) is 2.27. The zero-order valence-electron chi connectivity index (χ0n) is 9.59. The number of hydrogen-bond acceptors (Lipinski definition) is 2. The van der Waals surface area contributed by atoms with Crippen LogP contribution in [0.25, 0.3) is 0 Å². The lowest BCUT2D eigenvalue weighted by Gasteiger charge is -2.08. The van der Waals surface area contributed by atoms with Crippen LogP contribution < -0.4 is 4.74 Å². The van der Waals surface area contributed by atoms with Crippen molar-refractivity contribution in [3.8, 4) is 5.75 Å². The molecule has 0 amide bonds. The van der Waals surface area contributed by atoms with Crippen molar-refractivity contribution in [2.75, 3.05) is 6.61 Å². The molecule has 0 aliphatic heterocycles. The minimum atomic E-state index is -0.793. The molecule has 1 rings (SSSR count). The van der Waals surface area contributed by atoms with Crippen molar-refractivity contribution < 1.29 is 19.0 Å². The zero-order valence-corrected chi connectivity index (χ0v) is 11.9. The van der Waals surface area contributed by atoms with E-state index in [4.69, 9.17) is 21.4 Å². The summed E-state index contributed by atoms with van der Waals surface area (Å²) in [5.41, 5.74) is 0. The van der Waals surface area contributed by atoms with Gasteiger partial charge in [0.1, 0.15) is 11.6 Å². The molecule has 0 aliphatic carbocycles. The number of benzene rings is 1. The Labute approximate surface area is 118 Å². The van der Waals surface area contributed by atoms with Gasteiger partial charge in [-0.25, -0.2) is 4.39 Å². The highest BCUT2D eigenvalue weighted by Gasteiger charge is 2.07. The van der Waals surface area contributed by atoms with E-state index in [1.165, 1.54) is 12.1 Å². The molecule has 0 radical (unpaired) electrons. The van der Waals surface area contributed by atoms with E-state index in [2.05, 4.69) is 15.9 Å². The quantitative estimate of drug-likeness (QED) is 0.596. The molecule has 18 heavy (non-hydrogen) atoms. The van der Waals surface area contributed by atoms with Crippen LogP contribution in [0.5, 0.6) is 5.75 Å². The van der Waals surface area contributed by atoms with Gasteiger partial charge in [0.2, 0.25) is 0 Å². The van der Waals surface area contributed by atoms with Gasteiger partial charge in [-0.15, -0.1) is 0 Å². The van der Waals surface area contributed by atoms with Crippen LogP contribution in [0.2, 0.25) is 5.02 Å². The molecular formula is C12H13BrClFO3. The summed E-state index contributed by atoms with van der Waals surface area (Å²) in [7, 11) is 0. The molecule has 1 N–H and O–H groups in total. The smallest absolute Gasteiger partial charge is 0.303 e. The highest BCUT2D eigenvalue weighted by atomic mass is 79.9. The van der Waals surface area contributed by atoms with Crippen LogP contribution >= 0.6 is 27.5 Å². The Morgan fingerprint density at radius 1 is 1.39 bits per heavy atom. The van der Waals surface area contributed by atoms with E-state index in [9.17, 15) is 9.18 Å². The Kier molecular flexibility index (Phi) is 6.43. The maximum absolute atomic E-state index is 13.2. The fourth-order valence-electron chi connectivity index (χ4n) is 1.35. The molecule has 0 fully saturated rings. The van der Waals surface area contributed by atoms with Crippen molar-refractivity contribution in [1.29, 1.82) is 0 Å². The minimum absolute atomic E-state index is 0.0377. The van der Waals surface area contributed by atoms with Crippen molar-refractivity contribution in [2.24, 2.45) is 0 Å². The molecule has 0 aromatic heterocycles. The van der Waals surface area contributed by atoms with Gasteiger partial charge in [-0.1, -0.05) is 11.6 Å². The molecule has 0 atom stereocenters. The zero-order chi connectivity index (χ0) is 13.5. The van der Waals surface area contributed by atoms with E-state index in [1.54, 1.807) is 0 Å². The molecule has 0 bridgehead atoms. The molecular weight excluding hydrogens is 326 g/mol.